The normalized spacial score (nSPS) is 13.9. The van der Waals surface area contributed by atoms with E-state index in [1.54, 1.807) is 10.9 Å². The zero-order valence-electron chi connectivity index (χ0n) is 11.6. The highest BCUT2D eigenvalue weighted by atomic mass is 35.5. The van der Waals surface area contributed by atoms with Crippen LogP contribution in [0, 0.1) is 12.8 Å². The molecule has 1 aromatic rings. The maximum absolute atomic E-state index is 11.8. The summed E-state index contributed by atoms with van der Waals surface area (Å²) in [5, 5.41) is 7.07. The van der Waals surface area contributed by atoms with Crippen LogP contribution < -0.4 is 11.1 Å². The zero-order chi connectivity index (χ0) is 13.2. The molecular formula is C12H23ClN4O. The second kappa shape index (κ2) is 6.75. The first kappa shape index (κ1) is 16.9. The lowest BCUT2D eigenvalue weighted by molar-refractivity contribution is -0.123. The molecule has 0 radical (unpaired) electrons. The van der Waals surface area contributed by atoms with Crippen molar-refractivity contribution in [3.8, 4) is 0 Å². The molecular weight excluding hydrogens is 252 g/mol. The van der Waals surface area contributed by atoms with E-state index in [1.807, 2.05) is 34.7 Å². The van der Waals surface area contributed by atoms with Crippen molar-refractivity contribution in [1.82, 2.24) is 15.1 Å². The minimum Gasteiger partial charge on any atom is -0.348 e. The number of nitrogens with one attached hydrogen (secondary N) is 1. The van der Waals surface area contributed by atoms with E-state index in [4.69, 9.17) is 5.73 Å². The number of carbonyl (C=O) groups excluding carboxylic acids is 1. The quantitative estimate of drug-likeness (QED) is 0.869. The molecule has 1 unspecified atom stereocenters. The van der Waals surface area contributed by atoms with Crippen molar-refractivity contribution in [2.75, 3.05) is 0 Å². The molecule has 0 aliphatic heterocycles. The Labute approximate surface area is 115 Å². The third kappa shape index (κ3) is 3.71. The van der Waals surface area contributed by atoms with Gasteiger partial charge in [-0.25, -0.2) is 0 Å². The molecule has 0 saturated heterocycles. The zero-order valence-corrected chi connectivity index (χ0v) is 12.4. The maximum Gasteiger partial charge on any atom is 0.237 e. The number of rotatable bonds is 4. The van der Waals surface area contributed by atoms with Crippen molar-refractivity contribution >= 4 is 18.3 Å². The summed E-state index contributed by atoms with van der Waals surface area (Å²) in [5.41, 5.74) is 7.87. The fraction of sp³-hybridized carbons (Fsp3) is 0.667. The summed E-state index contributed by atoms with van der Waals surface area (Å²) in [6.45, 7) is 7.79. The first-order valence-electron chi connectivity index (χ1n) is 5.89. The van der Waals surface area contributed by atoms with Crippen LogP contribution >= 0.6 is 12.4 Å². The number of carbonyl (C=O) groups is 1. The summed E-state index contributed by atoms with van der Waals surface area (Å²) < 4.78 is 1.79. The van der Waals surface area contributed by atoms with Crippen LogP contribution in [0.1, 0.15) is 38.1 Å². The molecule has 3 N–H and O–H groups in total. The van der Waals surface area contributed by atoms with Crippen molar-refractivity contribution in [2.24, 2.45) is 18.7 Å². The predicted molar refractivity (Wildman–Crippen MR) is 74.6 cm³/mol. The van der Waals surface area contributed by atoms with Gasteiger partial charge in [-0.1, -0.05) is 13.8 Å². The molecule has 1 aromatic heterocycles. The van der Waals surface area contributed by atoms with Gasteiger partial charge in [-0.05, 0) is 19.8 Å². The number of hydrogen-bond donors (Lipinski definition) is 2. The number of hydrogen-bond acceptors (Lipinski definition) is 3. The molecule has 1 rings (SSSR count). The maximum atomic E-state index is 11.8. The number of amides is 1. The number of aryl methyl sites for hydroxylation is 1. The van der Waals surface area contributed by atoms with Crippen molar-refractivity contribution in [2.45, 2.75) is 39.8 Å². The van der Waals surface area contributed by atoms with Crippen LogP contribution in [0.15, 0.2) is 6.20 Å². The van der Waals surface area contributed by atoms with Gasteiger partial charge in [-0.2, -0.15) is 5.10 Å². The Balaban J connectivity index is 0.00000289. The van der Waals surface area contributed by atoms with E-state index in [2.05, 4.69) is 10.4 Å². The fourth-order valence-corrected chi connectivity index (χ4v) is 1.63. The third-order valence-corrected chi connectivity index (χ3v) is 3.12. The molecule has 2 atom stereocenters. The molecule has 104 valence electrons. The van der Waals surface area contributed by atoms with Crippen molar-refractivity contribution in [1.29, 1.82) is 0 Å². The van der Waals surface area contributed by atoms with Crippen LogP contribution in [-0.2, 0) is 11.8 Å². The summed E-state index contributed by atoms with van der Waals surface area (Å²) in [4.78, 5) is 11.8. The second-order valence-corrected chi connectivity index (χ2v) is 4.81. The molecule has 0 aromatic carbocycles. The summed E-state index contributed by atoms with van der Waals surface area (Å²) >= 11 is 0. The Hall–Kier alpha value is -1.07. The molecule has 18 heavy (non-hydrogen) atoms. The number of aromatic nitrogens is 2. The van der Waals surface area contributed by atoms with Crippen LogP contribution in [0.5, 0.6) is 0 Å². The summed E-state index contributed by atoms with van der Waals surface area (Å²) in [5.74, 6) is 0.0212. The highest BCUT2D eigenvalue weighted by Gasteiger charge is 2.20. The highest BCUT2D eigenvalue weighted by molar-refractivity contribution is 5.85. The van der Waals surface area contributed by atoms with Crippen LogP contribution in [0.3, 0.4) is 0 Å². The SMILES string of the molecule is Cc1c(C(C)NC(=O)[C@@H](N)C(C)C)cnn1C.Cl. The lowest BCUT2D eigenvalue weighted by atomic mass is 10.0. The monoisotopic (exact) mass is 274 g/mol. The van der Waals surface area contributed by atoms with Crippen molar-refractivity contribution < 1.29 is 4.79 Å². The Morgan fingerprint density at radius 1 is 1.44 bits per heavy atom. The first-order chi connectivity index (χ1) is 7.84. The van der Waals surface area contributed by atoms with Gasteiger partial charge >= 0.3 is 0 Å². The number of nitrogens with two attached hydrogens (primary N) is 1. The predicted octanol–water partition coefficient (Wildman–Crippen LogP) is 1.31. The molecule has 0 aliphatic carbocycles. The Kier molecular flexibility index (Phi) is 6.35. The van der Waals surface area contributed by atoms with E-state index >= 15 is 0 Å². The summed E-state index contributed by atoms with van der Waals surface area (Å²) in [7, 11) is 1.88. The highest BCUT2D eigenvalue weighted by Crippen LogP contribution is 2.16. The molecule has 0 spiro atoms. The molecule has 1 heterocycles. The van der Waals surface area contributed by atoms with Gasteiger partial charge in [0.2, 0.25) is 5.91 Å². The van der Waals surface area contributed by atoms with E-state index in [0.717, 1.165) is 11.3 Å². The van der Waals surface area contributed by atoms with Crippen molar-refractivity contribution in [3.05, 3.63) is 17.5 Å². The van der Waals surface area contributed by atoms with Gasteiger partial charge in [0, 0.05) is 18.3 Å². The topological polar surface area (TPSA) is 72.9 Å². The van der Waals surface area contributed by atoms with Gasteiger partial charge in [0.1, 0.15) is 0 Å². The molecule has 1 amide bonds. The molecule has 6 heteroatoms. The summed E-state index contributed by atoms with van der Waals surface area (Å²) in [6, 6.07) is -0.532. The Morgan fingerprint density at radius 3 is 2.39 bits per heavy atom. The van der Waals surface area contributed by atoms with Crippen LogP contribution in [0.2, 0.25) is 0 Å². The second-order valence-electron chi connectivity index (χ2n) is 4.81. The van der Waals surface area contributed by atoms with Crippen LogP contribution in [-0.4, -0.2) is 21.7 Å². The lowest BCUT2D eigenvalue weighted by Crippen LogP contribution is -2.44. The van der Waals surface area contributed by atoms with Gasteiger partial charge in [-0.3, -0.25) is 9.48 Å². The molecule has 0 bridgehead atoms. The Morgan fingerprint density at radius 2 is 2.00 bits per heavy atom. The van der Waals surface area contributed by atoms with E-state index in [1.165, 1.54) is 0 Å². The largest absolute Gasteiger partial charge is 0.348 e. The summed E-state index contributed by atoms with van der Waals surface area (Å²) in [6.07, 6.45) is 1.78. The van der Waals surface area contributed by atoms with Crippen LogP contribution in [0.25, 0.3) is 0 Å². The molecule has 0 fully saturated rings. The average Bonchev–Trinajstić information content (AvgIpc) is 2.58. The van der Waals surface area contributed by atoms with E-state index in [0.29, 0.717) is 0 Å². The van der Waals surface area contributed by atoms with E-state index in [-0.39, 0.29) is 30.3 Å². The molecule has 0 saturated carbocycles. The third-order valence-electron chi connectivity index (χ3n) is 3.12. The van der Waals surface area contributed by atoms with Gasteiger partial charge in [0.25, 0.3) is 0 Å². The van der Waals surface area contributed by atoms with E-state index in [9.17, 15) is 4.79 Å². The fourth-order valence-electron chi connectivity index (χ4n) is 1.63. The smallest absolute Gasteiger partial charge is 0.237 e. The molecule has 5 nitrogen and oxygen atoms in total. The van der Waals surface area contributed by atoms with E-state index < -0.39 is 6.04 Å². The minimum absolute atomic E-state index is 0. The van der Waals surface area contributed by atoms with Gasteiger partial charge < -0.3 is 11.1 Å². The van der Waals surface area contributed by atoms with Gasteiger partial charge in [0.05, 0.1) is 18.3 Å². The lowest BCUT2D eigenvalue weighted by Gasteiger charge is -2.19. The average molecular weight is 275 g/mol. The van der Waals surface area contributed by atoms with Gasteiger partial charge in [0.15, 0.2) is 0 Å². The number of nitrogens with zero attached hydrogens (tertiary/aromatic N) is 2. The van der Waals surface area contributed by atoms with Crippen molar-refractivity contribution in [3.63, 3.8) is 0 Å². The standard InChI is InChI=1S/C12H22N4O.ClH/c1-7(2)11(13)12(17)15-8(3)10-6-14-16(5)9(10)4;/h6-8,11H,13H2,1-5H3,(H,15,17);1H/t8?,11-;/m0./s1. The Bertz CT molecular complexity index is 403. The van der Waals surface area contributed by atoms with Gasteiger partial charge in [-0.15, -0.1) is 12.4 Å². The number of halogens is 1. The minimum atomic E-state index is -0.463. The van der Waals surface area contributed by atoms with Crippen LogP contribution in [0.4, 0.5) is 0 Å². The first-order valence-corrected chi connectivity index (χ1v) is 5.89. The molecule has 0 aliphatic rings.